The maximum Gasteiger partial charge on any atom is 0.162 e. The van der Waals surface area contributed by atoms with Gasteiger partial charge in [0.05, 0.1) is 13.2 Å². The molecule has 32 heavy (non-hydrogen) atoms. The molecule has 1 aromatic carbocycles. The predicted octanol–water partition coefficient (Wildman–Crippen LogP) is 7.38. The Labute approximate surface area is 189 Å². The van der Waals surface area contributed by atoms with Gasteiger partial charge in [-0.3, -0.25) is 0 Å². The summed E-state index contributed by atoms with van der Waals surface area (Å²) < 4.78 is 48.7. The number of aliphatic hydroxyl groups excluding tert-OH is 1. The molecule has 0 saturated heterocycles. The van der Waals surface area contributed by atoms with Crippen LogP contribution in [0.3, 0.4) is 0 Å². The number of hydrogen-bond donors (Lipinski definition) is 1. The SMILES string of the molecule is C=C(/C=C(/F)C(=C)/C=C/C1CCC(c2ccc(C3CCC(O)CC3)c(F)c2F)CC1)OC. The lowest BCUT2D eigenvalue weighted by molar-refractivity contribution is 0.122. The first kappa shape index (κ1) is 24.4. The van der Waals surface area contributed by atoms with Gasteiger partial charge in [0.2, 0.25) is 0 Å². The molecule has 0 heterocycles. The van der Waals surface area contributed by atoms with Crippen molar-refractivity contribution in [3.8, 4) is 0 Å². The number of ether oxygens (including phenoxy) is 1. The zero-order valence-electron chi connectivity index (χ0n) is 18.8. The van der Waals surface area contributed by atoms with Gasteiger partial charge in [0.1, 0.15) is 11.6 Å². The minimum absolute atomic E-state index is 0.0127. The third kappa shape index (κ3) is 5.94. The number of methoxy groups -OCH3 is 1. The molecule has 0 bridgehead atoms. The number of benzene rings is 1. The summed E-state index contributed by atoms with van der Waals surface area (Å²) in [5.41, 5.74) is 1.16. The quantitative estimate of drug-likeness (QED) is 0.350. The van der Waals surface area contributed by atoms with Crippen molar-refractivity contribution >= 4 is 0 Å². The lowest BCUT2D eigenvalue weighted by Crippen LogP contribution is -2.19. The van der Waals surface area contributed by atoms with Gasteiger partial charge >= 0.3 is 0 Å². The van der Waals surface area contributed by atoms with E-state index < -0.39 is 17.5 Å². The molecule has 0 unspecified atom stereocenters. The highest BCUT2D eigenvalue weighted by atomic mass is 19.2. The molecule has 2 aliphatic rings. The van der Waals surface area contributed by atoms with Crippen LogP contribution in [0.4, 0.5) is 13.2 Å². The minimum Gasteiger partial charge on any atom is -0.497 e. The van der Waals surface area contributed by atoms with E-state index in [4.69, 9.17) is 4.74 Å². The topological polar surface area (TPSA) is 29.5 Å². The van der Waals surface area contributed by atoms with Crippen molar-refractivity contribution in [1.29, 1.82) is 0 Å². The van der Waals surface area contributed by atoms with E-state index in [0.717, 1.165) is 25.7 Å². The molecule has 0 aliphatic heterocycles. The summed E-state index contributed by atoms with van der Waals surface area (Å²) in [6, 6.07) is 3.50. The van der Waals surface area contributed by atoms with Crippen LogP contribution in [0.25, 0.3) is 0 Å². The number of halogens is 3. The molecular formula is C27H33F3O2. The van der Waals surface area contributed by atoms with Crippen LogP contribution in [0.5, 0.6) is 0 Å². The van der Waals surface area contributed by atoms with E-state index in [0.29, 0.717) is 36.8 Å². The maximum atomic E-state index is 14.9. The van der Waals surface area contributed by atoms with E-state index in [1.54, 1.807) is 18.2 Å². The Morgan fingerprint density at radius 3 is 1.94 bits per heavy atom. The fourth-order valence-electron chi connectivity index (χ4n) is 4.84. The molecule has 2 nitrogen and oxygen atoms in total. The third-order valence-corrected chi connectivity index (χ3v) is 6.92. The highest BCUT2D eigenvalue weighted by Crippen LogP contribution is 2.41. The van der Waals surface area contributed by atoms with Gasteiger partial charge in [0.15, 0.2) is 11.6 Å². The van der Waals surface area contributed by atoms with Gasteiger partial charge in [-0.15, -0.1) is 0 Å². The molecular weight excluding hydrogens is 413 g/mol. The number of hydrogen-bond acceptors (Lipinski definition) is 2. The second-order valence-electron chi connectivity index (χ2n) is 9.04. The van der Waals surface area contributed by atoms with E-state index in [9.17, 15) is 18.3 Å². The Morgan fingerprint density at radius 2 is 1.44 bits per heavy atom. The Bertz CT molecular complexity index is 886. The van der Waals surface area contributed by atoms with E-state index >= 15 is 0 Å². The first-order valence-electron chi connectivity index (χ1n) is 11.4. The first-order chi connectivity index (χ1) is 15.3. The monoisotopic (exact) mass is 446 g/mol. The van der Waals surface area contributed by atoms with Crippen LogP contribution in [0, 0.1) is 17.6 Å². The lowest BCUT2D eigenvalue weighted by atomic mass is 9.77. The molecule has 1 N–H and O–H groups in total. The van der Waals surface area contributed by atoms with E-state index in [1.807, 2.05) is 6.08 Å². The van der Waals surface area contributed by atoms with Gasteiger partial charge in [0.25, 0.3) is 0 Å². The van der Waals surface area contributed by atoms with Crippen molar-refractivity contribution in [1.82, 2.24) is 0 Å². The highest BCUT2D eigenvalue weighted by Gasteiger charge is 2.29. The van der Waals surface area contributed by atoms with Crippen LogP contribution in [-0.2, 0) is 4.74 Å². The molecule has 3 rings (SSSR count). The molecule has 0 amide bonds. The van der Waals surface area contributed by atoms with Gasteiger partial charge < -0.3 is 9.84 Å². The first-order valence-corrected chi connectivity index (χ1v) is 11.4. The molecule has 0 aromatic heterocycles. The summed E-state index contributed by atoms with van der Waals surface area (Å²) in [5.74, 6) is -1.49. The minimum atomic E-state index is -0.720. The van der Waals surface area contributed by atoms with Gasteiger partial charge in [0, 0.05) is 11.6 Å². The second-order valence-corrected chi connectivity index (χ2v) is 9.04. The Kier molecular flexibility index (Phi) is 8.41. The molecule has 2 aliphatic carbocycles. The molecule has 0 atom stereocenters. The fourth-order valence-corrected chi connectivity index (χ4v) is 4.84. The number of rotatable bonds is 7. The number of aliphatic hydroxyl groups is 1. The molecule has 0 radical (unpaired) electrons. The summed E-state index contributed by atoms with van der Waals surface area (Å²) in [6.45, 7) is 7.29. The van der Waals surface area contributed by atoms with Crippen LogP contribution >= 0.6 is 0 Å². The van der Waals surface area contributed by atoms with E-state index in [-0.39, 0.29) is 35.2 Å². The average molecular weight is 447 g/mol. The van der Waals surface area contributed by atoms with Crippen molar-refractivity contribution in [2.24, 2.45) is 5.92 Å². The molecule has 2 fully saturated rings. The molecule has 0 spiro atoms. The summed E-state index contributed by atoms with van der Waals surface area (Å²) >= 11 is 0. The van der Waals surface area contributed by atoms with Gasteiger partial charge in [-0.2, -0.15) is 0 Å². The highest BCUT2D eigenvalue weighted by molar-refractivity contribution is 5.36. The van der Waals surface area contributed by atoms with Crippen LogP contribution in [-0.4, -0.2) is 18.3 Å². The van der Waals surface area contributed by atoms with Crippen LogP contribution in [0.15, 0.2) is 60.7 Å². The summed E-state index contributed by atoms with van der Waals surface area (Å²) in [6.07, 6.45) is 10.3. The standard InChI is InChI=1S/C27H33F3O2/c1-17(25(28)16-18(2)32-3)4-5-19-6-8-20(9-7-19)23-14-15-24(27(30)26(23)29)21-10-12-22(31)13-11-21/h4-5,14-16,19-22,31H,1-2,6-13H2,3H3/b5-4+,25-16+. The lowest BCUT2D eigenvalue weighted by Gasteiger charge is -2.29. The van der Waals surface area contributed by atoms with Gasteiger partial charge in [-0.1, -0.05) is 37.4 Å². The maximum absolute atomic E-state index is 14.9. The smallest absolute Gasteiger partial charge is 0.162 e. The van der Waals surface area contributed by atoms with Crippen molar-refractivity contribution in [2.45, 2.75) is 69.3 Å². The zero-order chi connectivity index (χ0) is 23.3. The Morgan fingerprint density at radius 1 is 0.938 bits per heavy atom. The van der Waals surface area contributed by atoms with Crippen molar-refractivity contribution in [3.05, 3.63) is 83.4 Å². The number of allylic oxidation sites excluding steroid dienone is 5. The molecule has 2 saturated carbocycles. The van der Waals surface area contributed by atoms with Gasteiger partial charge in [-0.25, -0.2) is 13.2 Å². The van der Waals surface area contributed by atoms with Gasteiger partial charge in [-0.05, 0) is 80.2 Å². The Balaban J connectivity index is 1.59. The van der Waals surface area contributed by atoms with Crippen molar-refractivity contribution < 1.29 is 23.0 Å². The van der Waals surface area contributed by atoms with E-state index in [2.05, 4.69) is 13.2 Å². The summed E-state index contributed by atoms with van der Waals surface area (Å²) in [7, 11) is 1.42. The third-order valence-electron chi connectivity index (χ3n) is 6.92. The average Bonchev–Trinajstić information content (AvgIpc) is 2.80. The van der Waals surface area contributed by atoms with Crippen LogP contribution in [0.1, 0.15) is 74.3 Å². The second kappa shape index (κ2) is 11.0. The zero-order valence-corrected chi connectivity index (χ0v) is 18.8. The molecule has 5 heteroatoms. The van der Waals surface area contributed by atoms with Crippen LogP contribution in [0.2, 0.25) is 0 Å². The normalized spacial score (nSPS) is 26.8. The van der Waals surface area contributed by atoms with Crippen LogP contribution < -0.4 is 0 Å². The fraction of sp³-hybridized carbons (Fsp3) is 0.481. The molecule has 174 valence electrons. The van der Waals surface area contributed by atoms with E-state index in [1.165, 1.54) is 13.2 Å². The predicted molar refractivity (Wildman–Crippen MR) is 122 cm³/mol. The Hall–Kier alpha value is -2.27. The summed E-state index contributed by atoms with van der Waals surface area (Å²) in [5, 5.41) is 9.67. The van der Waals surface area contributed by atoms with Crippen molar-refractivity contribution in [3.63, 3.8) is 0 Å². The summed E-state index contributed by atoms with van der Waals surface area (Å²) in [4.78, 5) is 0. The molecule has 1 aromatic rings. The van der Waals surface area contributed by atoms with Crippen molar-refractivity contribution in [2.75, 3.05) is 7.11 Å². The largest absolute Gasteiger partial charge is 0.497 e.